The first-order valence-electron chi connectivity index (χ1n) is 8.76. The van der Waals surface area contributed by atoms with Crippen LogP contribution in [0.2, 0.25) is 10.0 Å². The van der Waals surface area contributed by atoms with E-state index < -0.39 is 0 Å². The van der Waals surface area contributed by atoms with Crippen molar-refractivity contribution < 1.29 is 9.18 Å². The molecule has 0 saturated carbocycles. The summed E-state index contributed by atoms with van der Waals surface area (Å²) in [6.45, 7) is 0. The van der Waals surface area contributed by atoms with E-state index in [9.17, 15) is 9.18 Å². The highest BCUT2D eigenvalue weighted by Crippen LogP contribution is 2.31. The Morgan fingerprint density at radius 3 is 2.53 bits per heavy atom. The molecule has 0 unspecified atom stereocenters. The molecule has 4 aromatic rings. The maximum absolute atomic E-state index is 13.1. The third kappa shape index (κ3) is 4.38. The Labute approximate surface area is 185 Å². The Kier molecular flexibility index (Phi) is 6.13. The van der Waals surface area contributed by atoms with E-state index in [0.29, 0.717) is 32.3 Å². The number of ketones is 1. The first-order valence-corrected chi connectivity index (χ1v) is 10.5. The number of halogens is 3. The molecule has 0 N–H and O–H groups in total. The number of nitrogens with zero attached hydrogens (tertiary/aromatic N) is 4. The number of rotatable bonds is 6. The van der Waals surface area contributed by atoms with Gasteiger partial charge in [0.2, 0.25) is 0 Å². The normalized spacial score (nSPS) is 10.9. The van der Waals surface area contributed by atoms with Crippen LogP contribution in [0.3, 0.4) is 0 Å². The zero-order valence-corrected chi connectivity index (χ0v) is 17.6. The van der Waals surface area contributed by atoms with E-state index in [-0.39, 0.29) is 17.4 Å². The summed E-state index contributed by atoms with van der Waals surface area (Å²) in [5.41, 5.74) is 1.88. The van der Waals surface area contributed by atoms with Crippen LogP contribution in [0, 0.1) is 5.82 Å². The van der Waals surface area contributed by atoms with E-state index in [1.54, 1.807) is 41.2 Å². The van der Waals surface area contributed by atoms with Gasteiger partial charge in [-0.05, 0) is 54.6 Å². The van der Waals surface area contributed by atoms with Crippen molar-refractivity contribution in [3.63, 3.8) is 0 Å². The Bertz CT molecular complexity index is 1200. The van der Waals surface area contributed by atoms with Gasteiger partial charge in [0.15, 0.2) is 16.8 Å². The molecule has 0 amide bonds. The zero-order chi connectivity index (χ0) is 21.1. The Morgan fingerprint density at radius 2 is 1.83 bits per heavy atom. The van der Waals surface area contributed by atoms with E-state index >= 15 is 0 Å². The fourth-order valence-electron chi connectivity index (χ4n) is 2.75. The van der Waals surface area contributed by atoms with Gasteiger partial charge in [0, 0.05) is 23.5 Å². The van der Waals surface area contributed by atoms with Gasteiger partial charge in [0.25, 0.3) is 0 Å². The minimum absolute atomic E-state index is 0.109. The lowest BCUT2D eigenvalue weighted by Crippen LogP contribution is -2.05. The van der Waals surface area contributed by atoms with Crippen LogP contribution >= 0.6 is 35.0 Å². The molecule has 0 atom stereocenters. The molecule has 30 heavy (non-hydrogen) atoms. The standard InChI is InChI=1S/C21H13Cl2FN4OS/c22-17-8-7-16(10-18(17)23)28-20(14-2-1-9-25-11-14)26-27-21(28)30-12-19(29)13-3-5-15(24)6-4-13/h1-11H,12H2. The maximum Gasteiger partial charge on any atom is 0.196 e. The number of hydrogen-bond acceptors (Lipinski definition) is 5. The Hall–Kier alpha value is -2.74. The molecule has 0 aliphatic carbocycles. The summed E-state index contributed by atoms with van der Waals surface area (Å²) < 4.78 is 14.9. The average Bonchev–Trinajstić information content (AvgIpc) is 3.19. The smallest absolute Gasteiger partial charge is 0.196 e. The summed E-state index contributed by atoms with van der Waals surface area (Å²) in [5.74, 6) is 0.127. The Morgan fingerprint density at radius 1 is 1.03 bits per heavy atom. The first-order chi connectivity index (χ1) is 14.5. The van der Waals surface area contributed by atoms with Crippen molar-refractivity contribution >= 4 is 40.7 Å². The molecule has 0 fully saturated rings. The fourth-order valence-corrected chi connectivity index (χ4v) is 3.89. The first kappa shape index (κ1) is 20.5. The van der Waals surface area contributed by atoms with Gasteiger partial charge in [0.1, 0.15) is 5.82 Å². The molecule has 5 nitrogen and oxygen atoms in total. The predicted octanol–water partition coefficient (Wildman–Crippen LogP) is 5.75. The largest absolute Gasteiger partial charge is 0.293 e. The van der Waals surface area contributed by atoms with Crippen molar-refractivity contribution in [2.24, 2.45) is 0 Å². The summed E-state index contributed by atoms with van der Waals surface area (Å²) in [6, 6.07) is 14.3. The summed E-state index contributed by atoms with van der Waals surface area (Å²) in [5, 5.41) is 9.87. The van der Waals surface area contributed by atoms with Crippen molar-refractivity contribution in [3.8, 4) is 17.1 Å². The van der Waals surface area contributed by atoms with Gasteiger partial charge in [-0.25, -0.2) is 4.39 Å². The molecule has 150 valence electrons. The summed E-state index contributed by atoms with van der Waals surface area (Å²) in [6.07, 6.45) is 3.34. The van der Waals surface area contributed by atoms with Crippen LogP contribution in [-0.4, -0.2) is 31.3 Å². The quantitative estimate of drug-likeness (QED) is 0.272. The fraction of sp³-hybridized carbons (Fsp3) is 0.0476. The van der Waals surface area contributed by atoms with E-state index in [2.05, 4.69) is 15.2 Å². The second-order valence-corrected chi connectivity index (χ2v) is 7.96. The summed E-state index contributed by atoms with van der Waals surface area (Å²) >= 11 is 13.5. The van der Waals surface area contributed by atoms with E-state index in [4.69, 9.17) is 23.2 Å². The van der Waals surface area contributed by atoms with E-state index in [1.165, 1.54) is 36.0 Å². The van der Waals surface area contributed by atoms with Crippen LogP contribution in [0.1, 0.15) is 10.4 Å². The molecule has 2 heterocycles. The van der Waals surface area contributed by atoms with Gasteiger partial charge >= 0.3 is 0 Å². The molecule has 9 heteroatoms. The summed E-state index contributed by atoms with van der Waals surface area (Å²) in [4.78, 5) is 16.6. The monoisotopic (exact) mass is 458 g/mol. The van der Waals surface area contributed by atoms with Crippen LogP contribution in [0.4, 0.5) is 4.39 Å². The maximum atomic E-state index is 13.1. The van der Waals surface area contributed by atoms with Gasteiger partial charge in [-0.3, -0.25) is 14.3 Å². The van der Waals surface area contributed by atoms with Gasteiger partial charge < -0.3 is 0 Å². The number of hydrogen-bond donors (Lipinski definition) is 0. The topological polar surface area (TPSA) is 60.7 Å². The molecular weight excluding hydrogens is 446 g/mol. The van der Waals surface area contributed by atoms with Crippen molar-refractivity contribution in [1.29, 1.82) is 0 Å². The van der Waals surface area contributed by atoms with E-state index in [1.807, 2.05) is 6.07 Å². The van der Waals surface area contributed by atoms with Gasteiger partial charge in [-0.1, -0.05) is 35.0 Å². The lowest BCUT2D eigenvalue weighted by molar-refractivity contribution is 0.102. The number of aromatic nitrogens is 4. The third-order valence-electron chi connectivity index (χ3n) is 4.21. The SMILES string of the molecule is O=C(CSc1nnc(-c2cccnc2)n1-c1ccc(Cl)c(Cl)c1)c1ccc(F)cc1. The van der Waals surface area contributed by atoms with Crippen LogP contribution in [0.15, 0.2) is 72.1 Å². The zero-order valence-electron chi connectivity index (χ0n) is 15.3. The van der Waals surface area contributed by atoms with Gasteiger partial charge in [-0.15, -0.1) is 10.2 Å². The van der Waals surface area contributed by atoms with Crippen molar-refractivity contribution in [2.75, 3.05) is 5.75 Å². The van der Waals surface area contributed by atoms with Crippen LogP contribution in [0.25, 0.3) is 17.1 Å². The highest BCUT2D eigenvalue weighted by molar-refractivity contribution is 7.99. The van der Waals surface area contributed by atoms with Crippen LogP contribution in [0.5, 0.6) is 0 Å². The molecule has 2 aromatic carbocycles. The molecule has 0 aliphatic rings. The lowest BCUT2D eigenvalue weighted by Gasteiger charge is -2.11. The van der Waals surface area contributed by atoms with Crippen molar-refractivity contribution in [1.82, 2.24) is 19.7 Å². The van der Waals surface area contributed by atoms with Crippen LogP contribution in [-0.2, 0) is 0 Å². The second-order valence-electron chi connectivity index (χ2n) is 6.20. The molecule has 0 saturated heterocycles. The molecular formula is C21H13Cl2FN4OS. The second kappa shape index (κ2) is 8.95. The highest BCUT2D eigenvalue weighted by atomic mass is 35.5. The minimum Gasteiger partial charge on any atom is -0.293 e. The molecule has 0 spiro atoms. The molecule has 2 aromatic heterocycles. The minimum atomic E-state index is -0.389. The highest BCUT2D eigenvalue weighted by Gasteiger charge is 2.18. The lowest BCUT2D eigenvalue weighted by atomic mass is 10.1. The predicted molar refractivity (Wildman–Crippen MR) is 116 cm³/mol. The number of benzene rings is 2. The summed E-state index contributed by atoms with van der Waals surface area (Å²) in [7, 11) is 0. The number of Topliss-reactive ketones (excluding diaryl/α,β-unsaturated/α-hetero) is 1. The Balaban J connectivity index is 1.69. The number of carbonyl (C=O) groups is 1. The van der Waals surface area contributed by atoms with Gasteiger partial charge in [0.05, 0.1) is 21.5 Å². The van der Waals surface area contributed by atoms with E-state index in [0.717, 1.165) is 5.56 Å². The molecule has 0 aliphatic heterocycles. The molecule has 0 radical (unpaired) electrons. The third-order valence-corrected chi connectivity index (χ3v) is 5.88. The number of thioether (sulfide) groups is 1. The number of carbonyl (C=O) groups excluding carboxylic acids is 1. The van der Waals surface area contributed by atoms with Crippen molar-refractivity contribution in [2.45, 2.75) is 5.16 Å². The number of pyridine rings is 1. The van der Waals surface area contributed by atoms with Crippen LogP contribution < -0.4 is 0 Å². The van der Waals surface area contributed by atoms with Gasteiger partial charge in [-0.2, -0.15) is 0 Å². The average molecular weight is 459 g/mol. The molecule has 0 bridgehead atoms. The molecule has 4 rings (SSSR count). The van der Waals surface area contributed by atoms with Crippen molar-refractivity contribution in [3.05, 3.63) is 88.4 Å².